The first-order chi connectivity index (χ1) is 8.79. The summed E-state index contributed by atoms with van der Waals surface area (Å²) in [6.45, 7) is 0.600. The van der Waals surface area contributed by atoms with Gasteiger partial charge >= 0.3 is 0 Å². The summed E-state index contributed by atoms with van der Waals surface area (Å²) in [5.41, 5.74) is 1.11. The van der Waals surface area contributed by atoms with Gasteiger partial charge in [-0.1, -0.05) is 35.5 Å². The van der Waals surface area contributed by atoms with Gasteiger partial charge in [-0.3, -0.25) is 4.79 Å². The van der Waals surface area contributed by atoms with E-state index in [1.807, 2.05) is 35.2 Å². The Morgan fingerprint density at radius 2 is 2.00 bits per heavy atom. The summed E-state index contributed by atoms with van der Waals surface area (Å²) < 4.78 is 0. The van der Waals surface area contributed by atoms with Gasteiger partial charge in [0.25, 0.3) is 5.91 Å². The van der Waals surface area contributed by atoms with E-state index in [0.29, 0.717) is 12.6 Å². The molecule has 3 atom stereocenters. The SMILES string of the molecule is O=NC1C(=O)N(Cc2ccccc2)C2CCC1C2. The van der Waals surface area contributed by atoms with Crippen LogP contribution in [0.15, 0.2) is 35.5 Å². The molecule has 3 unspecified atom stereocenters. The number of amides is 1. The number of hydrogen-bond donors (Lipinski definition) is 0. The van der Waals surface area contributed by atoms with E-state index in [9.17, 15) is 9.70 Å². The highest BCUT2D eigenvalue weighted by Gasteiger charge is 2.46. The zero-order valence-corrected chi connectivity index (χ0v) is 10.2. The maximum atomic E-state index is 12.3. The van der Waals surface area contributed by atoms with Crippen LogP contribution in [-0.4, -0.2) is 22.9 Å². The number of carbonyl (C=O) groups excluding carboxylic acids is 1. The largest absolute Gasteiger partial charge is 0.333 e. The van der Waals surface area contributed by atoms with Gasteiger partial charge in [0.15, 0.2) is 6.04 Å². The summed E-state index contributed by atoms with van der Waals surface area (Å²) in [6.07, 6.45) is 2.91. The number of nitroso groups, excluding NO2 is 1. The molecule has 2 bridgehead atoms. The van der Waals surface area contributed by atoms with E-state index in [1.54, 1.807) is 0 Å². The molecule has 2 fully saturated rings. The summed E-state index contributed by atoms with van der Waals surface area (Å²) in [5, 5.41) is 3.06. The number of benzene rings is 1. The van der Waals surface area contributed by atoms with Crippen LogP contribution in [0.1, 0.15) is 24.8 Å². The smallest absolute Gasteiger partial charge is 0.251 e. The second kappa shape index (κ2) is 4.52. The van der Waals surface area contributed by atoms with Gasteiger partial charge in [-0.05, 0) is 30.7 Å². The molecule has 18 heavy (non-hydrogen) atoms. The zero-order chi connectivity index (χ0) is 12.5. The summed E-state index contributed by atoms with van der Waals surface area (Å²) >= 11 is 0. The first-order valence-corrected chi connectivity index (χ1v) is 6.46. The van der Waals surface area contributed by atoms with Crippen LogP contribution in [0.4, 0.5) is 0 Å². The van der Waals surface area contributed by atoms with Crippen LogP contribution in [-0.2, 0) is 11.3 Å². The highest BCUT2D eigenvalue weighted by atomic mass is 16.3. The zero-order valence-electron chi connectivity index (χ0n) is 10.2. The quantitative estimate of drug-likeness (QED) is 0.766. The van der Waals surface area contributed by atoms with Crippen molar-refractivity contribution in [3.05, 3.63) is 40.8 Å². The number of rotatable bonds is 3. The Hall–Kier alpha value is -1.71. The highest BCUT2D eigenvalue weighted by molar-refractivity contribution is 5.84. The molecule has 1 aliphatic carbocycles. The molecule has 0 N–H and O–H groups in total. The molecule has 1 aromatic carbocycles. The second-order valence-electron chi connectivity index (χ2n) is 5.23. The standard InChI is InChI=1S/C14H16N2O2/c17-14-13(15-18)11-6-7-12(8-11)16(14)9-10-4-2-1-3-5-10/h1-5,11-13H,6-9H2. The third kappa shape index (κ3) is 1.82. The Bertz CT molecular complexity index is 460. The van der Waals surface area contributed by atoms with Crippen molar-refractivity contribution in [2.75, 3.05) is 0 Å². The van der Waals surface area contributed by atoms with Crippen molar-refractivity contribution >= 4 is 5.91 Å². The second-order valence-corrected chi connectivity index (χ2v) is 5.23. The molecule has 94 valence electrons. The molecule has 1 aromatic rings. The van der Waals surface area contributed by atoms with Crippen LogP contribution in [0.25, 0.3) is 0 Å². The maximum Gasteiger partial charge on any atom is 0.251 e. The lowest BCUT2D eigenvalue weighted by Gasteiger charge is -2.35. The Kier molecular flexibility index (Phi) is 2.86. The molecule has 4 nitrogen and oxygen atoms in total. The Morgan fingerprint density at radius 1 is 1.22 bits per heavy atom. The van der Waals surface area contributed by atoms with Crippen LogP contribution in [0.2, 0.25) is 0 Å². The molecule has 4 heteroatoms. The van der Waals surface area contributed by atoms with Crippen molar-refractivity contribution in [2.24, 2.45) is 11.1 Å². The fraction of sp³-hybridized carbons (Fsp3) is 0.500. The average Bonchev–Trinajstić information content (AvgIpc) is 2.82. The summed E-state index contributed by atoms with van der Waals surface area (Å²) in [5.74, 6) is 0.111. The number of carbonyl (C=O) groups is 1. The molecule has 2 aliphatic rings. The first-order valence-electron chi connectivity index (χ1n) is 6.46. The van der Waals surface area contributed by atoms with Crippen molar-refractivity contribution in [3.8, 4) is 0 Å². The van der Waals surface area contributed by atoms with Crippen molar-refractivity contribution in [2.45, 2.75) is 37.9 Å². The van der Waals surface area contributed by atoms with E-state index in [1.165, 1.54) is 0 Å². The van der Waals surface area contributed by atoms with Crippen LogP contribution in [0.3, 0.4) is 0 Å². The molecule has 3 rings (SSSR count). The molecule has 1 heterocycles. The lowest BCUT2D eigenvalue weighted by atomic mass is 9.93. The van der Waals surface area contributed by atoms with E-state index in [-0.39, 0.29) is 11.8 Å². The molecule has 1 aliphatic heterocycles. The van der Waals surface area contributed by atoms with E-state index in [4.69, 9.17) is 0 Å². The Labute approximate surface area is 106 Å². The van der Waals surface area contributed by atoms with Gasteiger partial charge in [-0.25, -0.2) is 0 Å². The third-order valence-electron chi connectivity index (χ3n) is 4.18. The van der Waals surface area contributed by atoms with Crippen LogP contribution in [0.5, 0.6) is 0 Å². The minimum atomic E-state index is -0.646. The molecule has 0 spiro atoms. The molecule has 0 radical (unpaired) electrons. The van der Waals surface area contributed by atoms with E-state index >= 15 is 0 Å². The summed E-state index contributed by atoms with van der Waals surface area (Å²) in [6, 6.07) is 9.58. The predicted molar refractivity (Wildman–Crippen MR) is 67.7 cm³/mol. The fourth-order valence-corrected chi connectivity index (χ4v) is 3.23. The number of fused-ring (bicyclic) bond motifs is 2. The molecular weight excluding hydrogens is 228 g/mol. The first kappa shape index (κ1) is 11.4. The Balaban J connectivity index is 1.82. The Morgan fingerprint density at radius 3 is 2.72 bits per heavy atom. The molecule has 1 saturated heterocycles. The van der Waals surface area contributed by atoms with Gasteiger partial charge in [0.05, 0.1) is 0 Å². The van der Waals surface area contributed by atoms with Gasteiger partial charge < -0.3 is 4.90 Å². The molecule has 1 saturated carbocycles. The average molecular weight is 244 g/mol. The van der Waals surface area contributed by atoms with E-state index < -0.39 is 6.04 Å². The van der Waals surface area contributed by atoms with Gasteiger partial charge in [0.1, 0.15) is 0 Å². The number of hydrogen-bond acceptors (Lipinski definition) is 3. The molecule has 1 amide bonds. The van der Waals surface area contributed by atoms with Crippen molar-refractivity contribution in [1.82, 2.24) is 4.90 Å². The van der Waals surface area contributed by atoms with Crippen molar-refractivity contribution in [1.29, 1.82) is 0 Å². The molecule has 0 aromatic heterocycles. The summed E-state index contributed by atoms with van der Waals surface area (Å²) in [7, 11) is 0. The summed E-state index contributed by atoms with van der Waals surface area (Å²) in [4.78, 5) is 25.0. The number of piperidine rings is 1. The maximum absolute atomic E-state index is 12.3. The third-order valence-corrected chi connectivity index (χ3v) is 4.18. The van der Waals surface area contributed by atoms with Crippen LogP contribution in [0, 0.1) is 10.8 Å². The van der Waals surface area contributed by atoms with Crippen LogP contribution < -0.4 is 0 Å². The minimum absolute atomic E-state index is 0.0763. The minimum Gasteiger partial charge on any atom is -0.333 e. The number of nitrogens with zero attached hydrogens (tertiary/aromatic N) is 2. The molecular formula is C14H16N2O2. The normalized spacial score (nSPS) is 30.6. The van der Waals surface area contributed by atoms with Gasteiger partial charge in [0, 0.05) is 12.6 Å². The van der Waals surface area contributed by atoms with Gasteiger partial charge in [0.2, 0.25) is 0 Å². The van der Waals surface area contributed by atoms with E-state index in [0.717, 1.165) is 24.8 Å². The van der Waals surface area contributed by atoms with Crippen LogP contribution >= 0.6 is 0 Å². The van der Waals surface area contributed by atoms with Gasteiger partial charge in [-0.2, -0.15) is 0 Å². The van der Waals surface area contributed by atoms with Crippen molar-refractivity contribution < 1.29 is 4.79 Å². The topological polar surface area (TPSA) is 49.7 Å². The lowest BCUT2D eigenvalue weighted by molar-refractivity contribution is -0.139. The predicted octanol–water partition coefficient (Wildman–Crippen LogP) is 2.33. The lowest BCUT2D eigenvalue weighted by Crippen LogP contribution is -2.49. The highest BCUT2D eigenvalue weighted by Crippen LogP contribution is 2.39. The fourth-order valence-electron chi connectivity index (χ4n) is 3.23. The van der Waals surface area contributed by atoms with Crippen molar-refractivity contribution in [3.63, 3.8) is 0 Å². The van der Waals surface area contributed by atoms with E-state index in [2.05, 4.69) is 5.18 Å². The van der Waals surface area contributed by atoms with Gasteiger partial charge in [-0.15, -0.1) is 4.91 Å². The monoisotopic (exact) mass is 244 g/mol. The number of likely N-dealkylation sites (tertiary alicyclic amines) is 1.